The predicted molar refractivity (Wildman–Crippen MR) is 73.0 cm³/mol. The maximum Gasteiger partial charge on any atom is 0.238 e. The zero-order chi connectivity index (χ0) is 13.9. The molecule has 2 heterocycles. The number of carbonyl (C=O) groups is 1. The lowest BCUT2D eigenvalue weighted by molar-refractivity contribution is -0.130. The van der Waals surface area contributed by atoms with E-state index in [1.54, 1.807) is 0 Å². The first kappa shape index (κ1) is 14.7. The summed E-state index contributed by atoms with van der Waals surface area (Å²) < 4.78 is 26.0. The average molecular weight is 289 g/mol. The standard InChI is InChI=1S/C12H23N3O3S/c1-2-7-19(17,18)14-8-10-5-3-4-6-11-13-9-12(16)15(10)11/h10-11,13-14H,2-9H2,1H3. The van der Waals surface area contributed by atoms with Gasteiger partial charge in [0.15, 0.2) is 0 Å². The van der Waals surface area contributed by atoms with Crippen LogP contribution in [0.3, 0.4) is 0 Å². The Labute approximate surface area is 115 Å². The van der Waals surface area contributed by atoms with Gasteiger partial charge >= 0.3 is 0 Å². The Kier molecular flexibility index (Phi) is 4.81. The Hall–Kier alpha value is -0.660. The van der Waals surface area contributed by atoms with Gasteiger partial charge in [-0.05, 0) is 25.7 Å². The number of hydrogen-bond donors (Lipinski definition) is 2. The minimum atomic E-state index is -3.20. The maximum absolute atomic E-state index is 11.9. The Bertz CT molecular complexity index is 424. The van der Waals surface area contributed by atoms with Crippen molar-refractivity contribution in [3.8, 4) is 0 Å². The summed E-state index contributed by atoms with van der Waals surface area (Å²) >= 11 is 0. The summed E-state index contributed by atoms with van der Waals surface area (Å²) in [5.74, 6) is 0.238. The van der Waals surface area contributed by atoms with E-state index in [0.717, 1.165) is 25.7 Å². The minimum absolute atomic E-state index is 0.0124. The SMILES string of the molecule is CCCS(=O)(=O)NCC1CCCCC2NCC(=O)N12. The fourth-order valence-electron chi connectivity index (χ4n) is 2.89. The van der Waals surface area contributed by atoms with E-state index in [-0.39, 0.29) is 23.9 Å². The number of amides is 1. The van der Waals surface area contributed by atoms with E-state index in [0.29, 0.717) is 19.5 Å². The van der Waals surface area contributed by atoms with Gasteiger partial charge in [-0.15, -0.1) is 0 Å². The number of carbonyl (C=O) groups excluding carboxylic acids is 1. The highest BCUT2D eigenvalue weighted by atomic mass is 32.2. The molecule has 7 heteroatoms. The first-order valence-electron chi connectivity index (χ1n) is 7.05. The summed E-state index contributed by atoms with van der Waals surface area (Å²) in [6, 6.07) is -0.0124. The lowest BCUT2D eigenvalue weighted by Crippen LogP contribution is -2.48. The van der Waals surface area contributed by atoms with Crippen LogP contribution in [-0.4, -0.2) is 50.3 Å². The summed E-state index contributed by atoms with van der Waals surface area (Å²) in [6.45, 7) is 2.56. The molecule has 0 spiro atoms. The lowest BCUT2D eigenvalue weighted by Gasteiger charge is -2.30. The van der Waals surface area contributed by atoms with Crippen molar-refractivity contribution in [1.29, 1.82) is 0 Å². The van der Waals surface area contributed by atoms with Crippen LogP contribution in [0.5, 0.6) is 0 Å². The molecule has 2 unspecified atom stereocenters. The monoisotopic (exact) mass is 289 g/mol. The minimum Gasteiger partial charge on any atom is -0.322 e. The third-order valence-electron chi connectivity index (χ3n) is 3.78. The van der Waals surface area contributed by atoms with E-state index >= 15 is 0 Å². The van der Waals surface area contributed by atoms with E-state index < -0.39 is 10.0 Å². The van der Waals surface area contributed by atoms with Crippen LogP contribution in [0.4, 0.5) is 0 Å². The molecule has 1 amide bonds. The van der Waals surface area contributed by atoms with Gasteiger partial charge in [0, 0.05) is 12.6 Å². The topological polar surface area (TPSA) is 78.5 Å². The maximum atomic E-state index is 11.9. The summed E-state index contributed by atoms with van der Waals surface area (Å²) in [6.07, 6.45) is 4.66. The van der Waals surface area contributed by atoms with Gasteiger partial charge < -0.3 is 4.90 Å². The van der Waals surface area contributed by atoms with Gasteiger partial charge in [0.05, 0.1) is 18.5 Å². The van der Waals surface area contributed by atoms with Crippen LogP contribution in [0.15, 0.2) is 0 Å². The van der Waals surface area contributed by atoms with Crippen molar-refractivity contribution in [2.75, 3.05) is 18.8 Å². The van der Waals surface area contributed by atoms with Crippen LogP contribution in [0.1, 0.15) is 39.0 Å². The number of hydrogen-bond acceptors (Lipinski definition) is 4. The van der Waals surface area contributed by atoms with E-state index in [1.165, 1.54) is 0 Å². The van der Waals surface area contributed by atoms with Crippen molar-refractivity contribution >= 4 is 15.9 Å². The van der Waals surface area contributed by atoms with Crippen LogP contribution >= 0.6 is 0 Å². The number of nitrogens with one attached hydrogen (secondary N) is 2. The zero-order valence-electron chi connectivity index (χ0n) is 11.4. The van der Waals surface area contributed by atoms with Gasteiger partial charge in [0.1, 0.15) is 0 Å². The molecular weight excluding hydrogens is 266 g/mol. The van der Waals surface area contributed by atoms with Crippen molar-refractivity contribution in [3.05, 3.63) is 0 Å². The van der Waals surface area contributed by atoms with Gasteiger partial charge in [-0.2, -0.15) is 0 Å². The molecule has 0 aromatic rings. The summed E-state index contributed by atoms with van der Waals surface area (Å²) in [5, 5.41) is 3.20. The molecule has 0 aromatic heterocycles. The molecular formula is C12H23N3O3S. The fourth-order valence-corrected chi connectivity index (χ4v) is 4.02. The Morgan fingerprint density at radius 3 is 2.84 bits per heavy atom. The molecule has 2 saturated heterocycles. The molecule has 19 heavy (non-hydrogen) atoms. The summed E-state index contributed by atoms with van der Waals surface area (Å²) in [5.41, 5.74) is 0. The first-order valence-corrected chi connectivity index (χ1v) is 8.70. The lowest BCUT2D eigenvalue weighted by atomic mass is 10.1. The molecule has 6 nitrogen and oxygen atoms in total. The molecule has 2 aliphatic rings. The number of sulfonamides is 1. The summed E-state index contributed by atoms with van der Waals surface area (Å²) in [4.78, 5) is 13.8. The van der Waals surface area contributed by atoms with Crippen molar-refractivity contribution in [3.63, 3.8) is 0 Å². The van der Waals surface area contributed by atoms with Crippen LogP contribution in [-0.2, 0) is 14.8 Å². The van der Waals surface area contributed by atoms with Crippen molar-refractivity contribution in [1.82, 2.24) is 14.9 Å². The Morgan fingerprint density at radius 2 is 2.11 bits per heavy atom. The molecule has 0 bridgehead atoms. The predicted octanol–water partition coefficient (Wildman–Crippen LogP) is 0.0163. The van der Waals surface area contributed by atoms with Crippen molar-refractivity contribution < 1.29 is 13.2 Å². The molecule has 0 aromatic carbocycles. The van der Waals surface area contributed by atoms with Gasteiger partial charge in [0.25, 0.3) is 0 Å². The van der Waals surface area contributed by atoms with Gasteiger partial charge in [-0.3, -0.25) is 10.1 Å². The molecule has 2 rings (SSSR count). The smallest absolute Gasteiger partial charge is 0.238 e. The van der Waals surface area contributed by atoms with Crippen LogP contribution in [0.2, 0.25) is 0 Å². The molecule has 2 aliphatic heterocycles. The molecule has 0 aliphatic carbocycles. The Morgan fingerprint density at radius 1 is 1.37 bits per heavy atom. The van der Waals surface area contributed by atoms with Gasteiger partial charge in [-0.1, -0.05) is 13.3 Å². The van der Waals surface area contributed by atoms with Crippen LogP contribution < -0.4 is 10.0 Å². The van der Waals surface area contributed by atoms with Gasteiger partial charge in [0.2, 0.25) is 15.9 Å². The zero-order valence-corrected chi connectivity index (χ0v) is 12.2. The quantitative estimate of drug-likeness (QED) is 0.748. The highest BCUT2D eigenvalue weighted by molar-refractivity contribution is 7.89. The van der Waals surface area contributed by atoms with Crippen LogP contribution in [0.25, 0.3) is 0 Å². The molecule has 2 N–H and O–H groups in total. The normalized spacial score (nSPS) is 28.3. The molecule has 2 atom stereocenters. The average Bonchev–Trinajstić information content (AvgIpc) is 2.60. The second-order valence-electron chi connectivity index (χ2n) is 5.30. The van der Waals surface area contributed by atoms with E-state index in [4.69, 9.17) is 0 Å². The first-order chi connectivity index (χ1) is 9.03. The largest absolute Gasteiger partial charge is 0.322 e. The molecule has 0 radical (unpaired) electrons. The fraction of sp³-hybridized carbons (Fsp3) is 0.917. The second-order valence-corrected chi connectivity index (χ2v) is 7.23. The summed E-state index contributed by atoms with van der Waals surface area (Å²) in [7, 11) is -3.20. The van der Waals surface area contributed by atoms with Crippen molar-refractivity contribution in [2.24, 2.45) is 0 Å². The van der Waals surface area contributed by atoms with E-state index in [9.17, 15) is 13.2 Å². The number of rotatable bonds is 5. The van der Waals surface area contributed by atoms with Crippen LogP contribution in [0, 0.1) is 0 Å². The molecule has 2 fully saturated rings. The number of fused-ring (bicyclic) bond motifs is 1. The highest BCUT2D eigenvalue weighted by Gasteiger charge is 2.37. The molecule has 110 valence electrons. The number of nitrogens with zero attached hydrogens (tertiary/aromatic N) is 1. The molecule has 0 saturated carbocycles. The second kappa shape index (κ2) is 6.19. The third-order valence-corrected chi connectivity index (χ3v) is 5.33. The van der Waals surface area contributed by atoms with E-state index in [2.05, 4.69) is 10.0 Å². The van der Waals surface area contributed by atoms with E-state index in [1.807, 2.05) is 11.8 Å². The third kappa shape index (κ3) is 3.67. The highest BCUT2D eigenvalue weighted by Crippen LogP contribution is 2.23. The van der Waals surface area contributed by atoms with Gasteiger partial charge in [-0.25, -0.2) is 13.1 Å². The Balaban J connectivity index is 1.99. The van der Waals surface area contributed by atoms with Crippen molar-refractivity contribution in [2.45, 2.75) is 51.2 Å².